The second-order valence-electron chi connectivity index (χ2n) is 10.7. The first-order chi connectivity index (χ1) is 20.9. The molecule has 0 amide bonds. The smallest absolute Gasteiger partial charge is 0.452 e. The number of nitrogens with zero attached hydrogens (tertiary/aromatic N) is 6. The molecular weight excluding hydrogens is 621 g/mol. The number of carboxylic acids is 1. The molecule has 10 nitrogen and oxygen atoms in total. The van der Waals surface area contributed by atoms with Gasteiger partial charge in [-0.05, 0) is 78.8 Å². The van der Waals surface area contributed by atoms with Gasteiger partial charge in [-0.3, -0.25) is 4.40 Å². The van der Waals surface area contributed by atoms with E-state index >= 15 is 0 Å². The standard InChI is InChI=1S/C29H26ClF3N6O4S/c1-17-21(9-12-39-26(17)35-36-28(39)29(31,32)33)22(14-25(40)41)18-7-8-23(30)19(13-18)15-37-16-20-5-2-3-11-38(20)27-24(44(37,42)43)6-4-10-34-27/h4,6-10,12-14,20H,2-3,5,11,15-16H2,1H3,(H,40,41)/b22-14+/t20-/m0/s1. The number of halogens is 4. The van der Waals surface area contributed by atoms with E-state index in [-0.39, 0.29) is 45.8 Å². The van der Waals surface area contributed by atoms with Gasteiger partial charge in [-0.1, -0.05) is 17.7 Å². The molecule has 230 valence electrons. The monoisotopic (exact) mass is 646 g/mol. The molecule has 44 heavy (non-hydrogen) atoms. The van der Waals surface area contributed by atoms with Crippen molar-refractivity contribution < 1.29 is 31.5 Å². The zero-order valence-corrected chi connectivity index (χ0v) is 24.9. The zero-order valence-electron chi connectivity index (χ0n) is 23.3. The van der Waals surface area contributed by atoms with E-state index in [9.17, 15) is 31.5 Å². The van der Waals surface area contributed by atoms with Crippen molar-refractivity contribution in [1.82, 2.24) is 23.9 Å². The summed E-state index contributed by atoms with van der Waals surface area (Å²) < 4.78 is 70.4. The number of piperidine rings is 1. The molecule has 1 N–H and O–H groups in total. The lowest BCUT2D eigenvalue weighted by Crippen LogP contribution is -2.45. The third-order valence-corrected chi connectivity index (χ3v) is 10.2. The lowest BCUT2D eigenvalue weighted by Gasteiger charge is -2.36. The number of carboxylic acid groups (broad SMARTS) is 1. The molecule has 0 aliphatic carbocycles. The summed E-state index contributed by atoms with van der Waals surface area (Å²) in [6.07, 6.45) is 1.59. The number of pyridine rings is 2. The molecule has 2 aliphatic heterocycles. The Morgan fingerprint density at radius 2 is 1.98 bits per heavy atom. The van der Waals surface area contributed by atoms with Crippen molar-refractivity contribution in [3.8, 4) is 0 Å². The number of anilines is 1. The highest BCUT2D eigenvalue weighted by atomic mass is 35.5. The van der Waals surface area contributed by atoms with E-state index < -0.39 is 28.0 Å². The number of aliphatic carboxylic acids is 1. The van der Waals surface area contributed by atoms with Crippen LogP contribution >= 0.6 is 11.6 Å². The van der Waals surface area contributed by atoms with Crippen molar-refractivity contribution in [1.29, 1.82) is 0 Å². The predicted molar refractivity (Wildman–Crippen MR) is 156 cm³/mol. The van der Waals surface area contributed by atoms with Crippen molar-refractivity contribution in [2.75, 3.05) is 18.0 Å². The maximum Gasteiger partial charge on any atom is 0.452 e. The van der Waals surface area contributed by atoms with Gasteiger partial charge in [0.2, 0.25) is 15.8 Å². The average Bonchev–Trinajstić information content (AvgIpc) is 3.40. The number of rotatable bonds is 5. The summed E-state index contributed by atoms with van der Waals surface area (Å²) in [7, 11) is -3.99. The highest BCUT2D eigenvalue weighted by Gasteiger charge is 2.40. The number of sulfonamides is 1. The highest BCUT2D eigenvalue weighted by Crippen LogP contribution is 2.37. The van der Waals surface area contributed by atoms with Crippen LogP contribution in [-0.4, -0.2) is 62.5 Å². The van der Waals surface area contributed by atoms with Crippen molar-refractivity contribution in [2.45, 2.75) is 49.8 Å². The van der Waals surface area contributed by atoms with Gasteiger partial charge in [-0.25, -0.2) is 18.2 Å². The van der Waals surface area contributed by atoms with E-state index in [1.807, 2.05) is 0 Å². The lowest BCUT2D eigenvalue weighted by atomic mass is 9.93. The Labute approximate surface area is 255 Å². The van der Waals surface area contributed by atoms with E-state index in [1.54, 1.807) is 36.5 Å². The minimum Gasteiger partial charge on any atom is -0.478 e. The van der Waals surface area contributed by atoms with Crippen molar-refractivity contribution in [3.05, 3.63) is 88.0 Å². The van der Waals surface area contributed by atoms with Crippen LogP contribution in [0, 0.1) is 6.92 Å². The lowest BCUT2D eigenvalue weighted by molar-refractivity contribution is -0.145. The van der Waals surface area contributed by atoms with E-state index in [0.717, 1.165) is 35.9 Å². The Kier molecular flexibility index (Phi) is 7.62. The molecule has 2 aliphatic rings. The van der Waals surface area contributed by atoms with Crippen LogP contribution in [0.25, 0.3) is 11.2 Å². The van der Waals surface area contributed by atoms with Gasteiger partial charge >= 0.3 is 12.1 Å². The minimum absolute atomic E-state index is 0.0831. The third kappa shape index (κ3) is 5.30. The van der Waals surface area contributed by atoms with E-state index in [4.69, 9.17) is 11.6 Å². The molecule has 1 saturated heterocycles. The molecule has 1 atom stereocenters. The van der Waals surface area contributed by atoms with Crippen LogP contribution in [0.4, 0.5) is 19.0 Å². The maximum absolute atomic E-state index is 13.9. The molecular formula is C29H26ClF3N6O4S. The van der Waals surface area contributed by atoms with Gasteiger partial charge in [-0.15, -0.1) is 10.2 Å². The fourth-order valence-electron chi connectivity index (χ4n) is 5.95. The topological polar surface area (TPSA) is 121 Å². The summed E-state index contributed by atoms with van der Waals surface area (Å²) in [5.41, 5.74) is 1.49. The summed E-state index contributed by atoms with van der Waals surface area (Å²) >= 11 is 6.59. The molecule has 6 rings (SSSR count). The number of hydrogen-bond acceptors (Lipinski definition) is 7. The number of fused-ring (bicyclic) bond motifs is 4. The molecule has 0 unspecified atom stereocenters. The van der Waals surface area contributed by atoms with Gasteiger partial charge in [0.05, 0.1) is 0 Å². The summed E-state index contributed by atoms with van der Waals surface area (Å²) in [5.74, 6) is -2.06. The molecule has 0 spiro atoms. The fourth-order valence-corrected chi connectivity index (χ4v) is 7.74. The number of aromatic nitrogens is 4. The van der Waals surface area contributed by atoms with Gasteiger partial charge in [0.1, 0.15) is 10.7 Å². The van der Waals surface area contributed by atoms with Crippen LogP contribution in [0.3, 0.4) is 0 Å². The van der Waals surface area contributed by atoms with E-state index in [0.29, 0.717) is 29.1 Å². The van der Waals surface area contributed by atoms with Crippen LogP contribution in [-0.2, 0) is 27.5 Å². The molecule has 5 heterocycles. The van der Waals surface area contributed by atoms with Crippen LogP contribution in [0.2, 0.25) is 5.02 Å². The Morgan fingerprint density at radius 3 is 2.73 bits per heavy atom. The predicted octanol–water partition coefficient (Wildman–Crippen LogP) is 5.18. The largest absolute Gasteiger partial charge is 0.478 e. The molecule has 0 bridgehead atoms. The number of hydrogen-bond donors (Lipinski definition) is 1. The highest BCUT2D eigenvalue weighted by molar-refractivity contribution is 7.89. The SMILES string of the molecule is Cc1c(/C(=C/C(=O)O)c2ccc(Cl)c(CN3C[C@@H]4CCCCN4c4ncccc4S3(=O)=O)c2)ccn2c(C(F)(F)F)nnc12. The quantitative estimate of drug-likeness (QED) is 0.294. The Balaban J connectivity index is 1.42. The first kappa shape index (κ1) is 30.0. The number of benzene rings is 1. The van der Waals surface area contributed by atoms with Crippen molar-refractivity contribution in [3.63, 3.8) is 0 Å². The normalized spacial score (nSPS) is 19.0. The molecule has 0 radical (unpaired) electrons. The summed E-state index contributed by atoms with van der Waals surface area (Å²) in [4.78, 5) is 18.5. The Bertz CT molecular complexity index is 1930. The summed E-state index contributed by atoms with van der Waals surface area (Å²) in [6.45, 7) is 2.33. The van der Waals surface area contributed by atoms with E-state index in [2.05, 4.69) is 20.1 Å². The molecule has 1 aromatic carbocycles. The Hall–Kier alpha value is -4.01. The second-order valence-corrected chi connectivity index (χ2v) is 13.1. The van der Waals surface area contributed by atoms with Crippen LogP contribution < -0.4 is 4.90 Å². The molecule has 1 fully saturated rings. The summed E-state index contributed by atoms with van der Waals surface area (Å²) in [5, 5.41) is 17.0. The van der Waals surface area contributed by atoms with Crippen LogP contribution in [0.15, 0.2) is 59.8 Å². The number of alkyl halides is 3. The van der Waals surface area contributed by atoms with Gasteiger partial charge < -0.3 is 10.0 Å². The molecule has 0 saturated carbocycles. The third-order valence-electron chi connectivity index (χ3n) is 8.02. The summed E-state index contributed by atoms with van der Waals surface area (Å²) in [6, 6.07) is 9.14. The van der Waals surface area contributed by atoms with E-state index in [1.165, 1.54) is 17.3 Å². The van der Waals surface area contributed by atoms with Crippen molar-refractivity contribution in [2.24, 2.45) is 0 Å². The maximum atomic E-state index is 13.9. The number of aryl methyl sites for hydroxylation is 1. The molecule has 4 aromatic rings. The minimum atomic E-state index is -4.74. The van der Waals surface area contributed by atoms with Gasteiger partial charge in [0, 0.05) is 54.7 Å². The van der Waals surface area contributed by atoms with Gasteiger partial charge in [0.15, 0.2) is 5.65 Å². The molecule has 15 heteroatoms. The molecule has 3 aromatic heterocycles. The zero-order chi connectivity index (χ0) is 31.4. The fraction of sp³-hybridized carbons (Fsp3) is 0.310. The van der Waals surface area contributed by atoms with Crippen LogP contribution in [0.1, 0.15) is 47.3 Å². The van der Waals surface area contributed by atoms with Crippen molar-refractivity contribution >= 4 is 44.6 Å². The number of carbonyl (C=O) groups is 1. The van der Waals surface area contributed by atoms with Gasteiger partial charge in [0.25, 0.3) is 0 Å². The Morgan fingerprint density at radius 1 is 1.18 bits per heavy atom. The van der Waals surface area contributed by atoms with Gasteiger partial charge in [-0.2, -0.15) is 17.5 Å². The first-order valence-electron chi connectivity index (χ1n) is 13.7. The first-order valence-corrected chi connectivity index (χ1v) is 15.5. The average molecular weight is 647 g/mol. The second kappa shape index (κ2) is 11.2. The van der Waals surface area contributed by atoms with Crippen LogP contribution in [0.5, 0.6) is 0 Å².